The summed E-state index contributed by atoms with van der Waals surface area (Å²) in [6.45, 7) is 0.0621. The van der Waals surface area contributed by atoms with E-state index in [1.54, 1.807) is 0 Å². The average molecular weight is 477 g/mol. The first kappa shape index (κ1) is 21.4. The fourth-order valence-electron chi connectivity index (χ4n) is 2.83. The molecule has 0 saturated carbocycles. The van der Waals surface area contributed by atoms with Crippen LogP contribution >= 0.6 is 15.9 Å². The summed E-state index contributed by atoms with van der Waals surface area (Å²) < 4.78 is 18.5. The zero-order valence-corrected chi connectivity index (χ0v) is 18.3. The van der Waals surface area contributed by atoms with Crippen LogP contribution in [0, 0.1) is 0 Å². The van der Waals surface area contributed by atoms with Crippen molar-refractivity contribution < 1.29 is 23.8 Å². The SMILES string of the molecule is COc1cc(C(=O)NCC(=O)NCc2cn3cc(Br)ccc3n2)cc(OC)c1OC. The summed E-state index contributed by atoms with van der Waals surface area (Å²) in [6.07, 6.45) is 3.71. The van der Waals surface area contributed by atoms with Crippen molar-refractivity contribution in [2.24, 2.45) is 0 Å². The van der Waals surface area contributed by atoms with E-state index in [-0.39, 0.29) is 24.6 Å². The molecule has 0 fully saturated rings. The molecule has 0 aliphatic carbocycles. The van der Waals surface area contributed by atoms with Crippen LogP contribution in [0.5, 0.6) is 17.2 Å². The Balaban J connectivity index is 1.58. The smallest absolute Gasteiger partial charge is 0.251 e. The molecule has 2 amide bonds. The van der Waals surface area contributed by atoms with Crippen LogP contribution < -0.4 is 24.8 Å². The van der Waals surface area contributed by atoms with E-state index in [0.29, 0.717) is 22.9 Å². The highest BCUT2D eigenvalue weighted by atomic mass is 79.9. The highest BCUT2D eigenvalue weighted by molar-refractivity contribution is 9.10. The molecule has 0 spiro atoms. The first-order chi connectivity index (χ1) is 14.4. The maximum atomic E-state index is 12.4. The van der Waals surface area contributed by atoms with Gasteiger partial charge in [-0.15, -0.1) is 0 Å². The molecule has 2 aromatic heterocycles. The van der Waals surface area contributed by atoms with Crippen LogP contribution in [0.1, 0.15) is 16.1 Å². The number of nitrogens with one attached hydrogen (secondary N) is 2. The van der Waals surface area contributed by atoms with E-state index in [0.717, 1.165) is 10.1 Å². The molecule has 9 nitrogen and oxygen atoms in total. The van der Waals surface area contributed by atoms with E-state index in [9.17, 15) is 9.59 Å². The summed E-state index contributed by atoms with van der Waals surface area (Å²) in [5.74, 6) is 0.305. The number of rotatable bonds is 8. The van der Waals surface area contributed by atoms with Gasteiger partial charge in [0.1, 0.15) is 5.65 Å². The molecule has 3 rings (SSSR count). The first-order valence-corrected chi connectivity index (χ1v) is 9.72. The zero-order valence-electron chi connectivity index (χ0n) is 16.7. The molecule has 0 saturated heterocycles. The Morgan fingerprint density at radius 1 is 1.03 bits per heavy atom. The van der Waals surface area contributed by atoms with Gasteiger partial charge >= 0.3 is 0 Å². The molecule has 0 atom stereocenters. The Bertz CT molecular complexity index is 1060. The number of nitrogens with zero attached hydrogens (tertiary/aromatic N) is 2. The second-order valence-corrected chi connectivity index (χ2v) is 7.13. The summed E-state index contributed by atoms with van der Waals surface area (Å²) in [4.78, 5) is 29.0. The fraction of sp³-hybridized carbons (Fsp3) is 0.250. The summed E-state index contributed by atoms with van der Waals surface area (Å²) in [7, 11) is 4.40. The largest absolute Gasteiger partial charge is 0.493 e. The number of aromatic nitrogens is 2. The molecule has 0 bridgehead atoms. The Morgan fingerprint density at radius 3 is 2.37 bits per heavy atom. The van der Waals surface area contributed by atoms with Crippen molar-refractivity contribution in [1.82, 2.24) is 20.0 Å². The molecule has 10 heteroatoms. The lowest BCUT2D eigenvalue weighted by Gasteiger charge is -2.14. The molecular formula is C20H21BrN4O5. The van der Waals surface area contributed by atoms with Crippen LogP contribution in [0.15, 0.2) is 41.1 Å². The molecule has 158 valence electrons. The number of hydrogen-bond donors (Lipinski definition) is 2. The molecule has 0 radical (unpaired) electrons. The molecule has 2 heterocycles. The molecule has 2 N–H and O–H groups in total. The molecule has 1 aromatic carbocycles. The minimum Gasteiger partial charge on any atom is -0.493 e. The molecular weight excluding hydrogens is 456 g/mol. The van der Waals surface area contributed by atoms with Gasteiger partial charge in [0.25, 0.3) is 5.91 Å². The van der Waals surface area contributed by atoms with Gasteiger partial charge in [-0.1, -0.05) is 0 Å². The van der Waals surface area contributed by atoms with E-state index in [4.69, 9.17) is 14.2 Å². The minimum atomic E-state index is -0.443. The summed E-state index contributed by atoms with van der Waals surface area (Å²) in [5, 5.41) is 5.31. The summed E-state index contributed by atoms with van der Waals surface area (Å²) >= 11 is 3.40. The number of methoxy groups -OCH3 is 3. The zero-order chi connectivity index (χ0) is 21.7. The number of benzene rings is 1. The Kier molecular flexibility index (Phi) is 6.78. The van der Waals surface area contributed by atoms with E-state index in [2.05, 4.69) is 31.5 Å². The lowest BCUT2D eigenvalue weighted by atomic mass is 10.1. The Morgan fingerprint density at radius 2 is 1.73 bits per heavy atom. The molecule has 30 heavy (non-hydrogen) atoms. The number of carbonyl (C=O) groups excluding carboxylic acids is 2. The van der Waals surface area contributed by atoms with Crippen molar-refractivity contribution in [3.8, 4) is 17.2 Å². The topological polar surface area (TPSA) is 103 Å². The standard InChI is InChI=1S/C20H21BrN4O5/c1-28-15-6-12(7-16(29-2)19(15)30-3)20(27)23-9-18(26)22-8-14-11-25-10-13(21)4-5-17(25)24-14/h4-7,10-11H,8-9H2,1-3H3,(H,22,26)(H,23,27). The Labute approximate surface area is 181 Å². The van der Waals surface area contributed by atoms with Gasteiger partial charge in [-0.25, -0.2) is 4.98 Å². The number of amides is 2. The number of ether oxygens (including phenoxy) is 3. The minimum absolute atomic E-state index is 0.186. The predicted octanol–water partition coefficient (Wildman–Crippen LogP) is 2.17. The van der Waals surface area contributed by atoms with Gasteiger partial charge in [0.05, 0.1) is 40.1 Å². The fourth-order valence-corrected chi connectivity index (χ4v) is 3.18. The van der Waals surface area contributed by atoms with Crippen molar-refractivity contribution in [3.63, 3.8) is 0 Å². The number of pyridine rings is 1. The molecule has 0 aliphatic heterocycles. The van der Waals surface area contributed by atoms with Crippen LogP contribution in [0.4, 0.5) is 0 Å². The highest BCUT2D eigenvalue weighted by Gasteiger charge is 2.17. The monoisotopic (exact) mass is 476 g/mol. The van der Waals surface area contributed by atoms with E-state index in [1.807, 2.05) is 28.9 Å². The third-order valence-corrected chi connectivity index (χ3v) is 4.74. The maximum absolute atomic E-state index is 12.4. The predicted molar refractivity (Wildman–Crippen MR) is 113 cm³/mol. The normalized spacial score (nSPS) is 10.5. The van der Waals surface area contributed by atoms with Crippen molar-refractivity contribution >= 4 is 33.4 Å². The lowest BCUT2D eigenvalue weighted by molar-refractivity contribution is -0.120. The van der Waals surface area contributed by atoms with Crippen LogP contribution in [-0.2, 0) is 11.3 Å². The summed E-state index contributed by atoms with van der Waals surface area (Å²) in [5.41, 5.74) is 1.76. The van der Waals surface area contributed by atoms with Gasteiger partial charge in [-0.05, 0) is 40.2 Å². The van der Waals surface area contributed by atoms with Gasteiger partial charge in [0, 0.05) is 22.4 Å². The van der Waals surface area contributed by atoms with Crippen molar-refractivity contribution in [1.29, 1.82) is 0 Å². The lowest BCUT2D eigenvalue weighted by Crippen LogP contribution is -2.36. The van der Waals surface area contributed by atoms with Gasteiger partial charge in [-0.3, -0.25) is 9.59 Å². The third kappa shape index (κ3) is 4.82. The van der Waals surface area contributed by atoms with Crippen LogP contribution in [0.25, 0.3) is 5.65 Å². The maximum Gasteiger partial charge on any atom is 0.251 e. The summed E-state index contributed by atoms with van der Waals surface area (Å²) in [6, 6.07) is 6.79. The van der Waals surface area contributed by atoms with E-state index >= 15 is 0 Å². The van der Waals surface area contributed by atoms with Crippen LogP contribution in [-0.4, -0.2) is 49.1 Å². The van der Waals surface area contributed by atoms with Gasteiger partial charge in [0.2, 0.25) is 11.7 Å². The van der Waals surface area contributed by atoms with Crippen LogP contribution in [0.2, 0.25) is 0 Å². The van der Waals surface area contributed by atoms with Crippen molar-refractivity contribution in [2.45, 2.75) is 6.54 Å². The van der Waals surface area contributed by atoms with Gasteiger partial charge in [-0.2, -0.15) is 0 Å². The number of hydrogen-bond acceptors (Lipinski definition) is 6. The first-order valence-electron chi connectivity index (χ1n) is 8.93. The van der Waals surface area contributed by atoms with Crippen LogP contribution in [0.3, 0.4) is 0 Å². The number of imidazole rings is 1. The van der Waals surface area contributed by atoms with Crippen molar-refractivity contribution in [3.05, 3.63) is 52.4 Å². The number of fused-ring (bicyclic) bond motifs is 1. The number of halogens is 1. The van der Waals surface area contributed by atoms with E-state index < -0.39 is 5.91 Å². The molecule has 0 unspecified atom stereocenters. The Hall–Kier alpha value is -3.27. The average Bonchev–Trinajstić information content (AvgIpc) is 3.16. The third-order valence-electron chi connectivity index (χ3n) is 4.27. The number of carbonyl (C=O) groups is 2. The van der Waals surface area contributed by atoms with E-state index in [1.165, 1.54) is 33.5 Å². The quantitative estimate of drug-likeness (QED) is 0.516. The second-order valence-electron chi connectivity index (χ2n) is 6.22. The van der Waals surface area contributed by atoms with Gasteiger partial charge in [0.15, 0.2) is 11.5 Å². The molecule has 3 aromatic rings. The van der Waals surface area contributed by atoms with Gasteiger partial charge < -0.3 is 29.2 Å². The molecule has 0 aliphatic rings. The highest BCUT2D eigenvalue weighted by Crippen LogP contribution is 2.38. The second kappa shape index (κ2) is 9.49. The van der Waals surface area contributed by atoms with Crippen molar-refractivity contribution in [2.75, 3.05) is 27.9 Å².